The molecule has 1 amide bonds. The van der Waals surface area contributed by atoms with Crippen LogP contribution in [0.3, 0.4) is 0 Å². The average molecular weight is 442 g/mol. The zero-order chi connectivity index (χ0) is 22.8. The van der Waals surface area contributed by atoms with Gasteiger partial charge in [-0.25, -0.2) is 13.2 Å². The second kappa shape index (κ2) is 9.19. The molecule has 3 N–H and O–H groups in total. The van der Waals surface area contributed by atoms with Gasteiger partial charge in [0.05, 0.1) is 37.2 Å². The zero-order valence-electron chi connectivity index (χ0n) is 16.6. The van der Waals surface area contributed by atoms with Crippen molar-refractivity contribution >= 4 is 11.6 Å². The molecule has 1 heterocycles. The lowest BCUT2D eigenvalue weighted by molar-refractivity contribution is -0.128. The Balaban J connectivity index is 1.88. The normalized spacial score (nSPS) is 21.4. The van der Waals surface area contributed by atoms with Crippen LogP contribution >= 0.6 is 0 Å². The maximum absolute atomic E-state index is 14.2. The molecular formula is C21H22F4N2O4. The van der Waals surface area contributed by atoms with Gasteiger partial charge in [0, 0.05) is 18.4 Å². The van der Waals surface area contributed by atoms with Gasteiger partial charge in [-0.2, -0.15) is 4.39 Å². The molecule has 3 rings (SSSR count). The summed E-state index contributed by atoms with van der Waals surface area (Å²) in [6.07, 6.45) is -1.35. The van der Waals surface area contributed by atoms with Crippen LogP contribution < -0.4 is 10.1 Å². The van der Waals surface area contributed by atoms with Crippen LogP contribution in [-0.2, 0) is 4.79 Å². The fourth-order valence-corrected chi connectivity index (χ4v) is 3.83. The summed E-state index contributed by atoms with van der Waals surface area (Å²) in [4.78, 5) is 16.8. The number of nitrogens with one attached hydrogen (secondary N) is 1. The van der Waals surface area contributed by atoms with Crippen molar-refractivity contribution in [1.29, 1.82) is 0 Å². The van der Waals surface area contributed by atoms with E-state index in [0.717, 1.165) is 13.2 Å². The highest BCUT2D eigenvalue weighted by Crippen LogP contribution is 2.48. The first-order valence-electron chi connectivity index (χ1n) is 9.62. The fraction of sp³-hybridized carbons (Fsp3) is 0.429. The number of nitrogens with zero attached hydrogens (tertiary/aromatic N) is 1. The third kappa shape index (κ3) is 4.96. The number of alkyl halides is 2. The van der Waals surface area contributed by atoms with Crippen molar-refractivity contribution in [3.63, 3.8) is 0 Å². The zero-order valence-corrected chi connectivity index (χ0v) is 16.6. The van der Waals surface area contributed by atoms with Gasteiger partial charge in [-0.05, 0) is 30.5 Å². The van der Waals surface area contributed by atoms with Crippen LogP contribution in [0.25, 0.3) is 0 Å². The van der Waals surface area contributed by atoms with Crippen molar-refractivity contribution in [2.24, 2.45) is 5.92 Å². The number of benzene rings is 1. The van der Waals surface area contributed by atoms with Crippen LogP contribution in [0.1, 0.15) is 42.5 Å². The van der Waals surface area contributed by atoms with E-state index < -0.39 is 66.6 Å². The summed E-state index contributed by atoms with van der Waals surface area (Å²) in [6, 6.07) is 4.91. The molecule has 1 unspecified atom stereocenters. The van der Waals surface area contributed by atoms with Crippen LogP contribution in [0.5, 0.6) is 5.75 Å². The standard InChI is InChI=1S/C21H22F4N2O4/c1-31-19-13(3-4-15(22)18(19)23)12-6-7-21(24,25)8-14(12)20(30)27-11-2-5-16(26-9-11)17(29)10-28/h2-5,9,12,14,17,28-29H,6-8,10H2,1H3,(H,27,30)/t12?,14-,17-/m1/s1. The van der Waals surface area contributed by atoms with Gasteiger partial charge in [0.2, 0.25) is 17.6 Å². The molecule has 1 saturated carbocycles. The number of aliphatic hydroxyl groups excluding tert-OH is 2. The van der Waals surface area contributed by atoms with Crippen molar-refractivity contribution in [3.8, 4) is 5.75 Å². The van der Waals surface area contributed by atoms with Crippen molar-refractivity contribution in [2.45, 2.75) is 37.2 Å². The minimum Gasteiger partial charge on any atom is -0.493 e. The monoisotopic (exact) mass is 442 g/mol. The highest BCUT2D eigenvalue weighted by Gasteiger charge is 2.46. The third-order valence-corrected chi connectivity index (χ3v) is 5.41. The SMILES string of the molecule is COc1c(C2CCC(F)(F)C[C@H]2C(=O)Nc2ccc([C@H](O)CO)nc2)ccc(F)c1F. The minimum absolute atomic E-state index is 0.119. The number of methoxy groups -OCH3 is 1. The summed E-state index contributed by atoms with van der Waals surface area (Å²) in [5, 5.41) is 21.0. The number of anilines is 1. The van der Waals surface area contributed by atoms with E-state index in [-0.39, 0.29) is 23.4 Å². The van der Waals surface area contributed by atoms with Gasteiger partial charge in [-0.1, -0.05) is 6.07 Å². The smallest absolute Gasteiger partial charge is 0.249 e. The number of carbonyl (C=O) groups is 1. The van der Waals surface area contributed by atoms with Crippen molar-refractivity contribution in [3.05, 3.63) is 53.4 Å². The van der Waals surface area contributed by atoms with Crippen LogP contribution in [0.15, 0.2) is 30.5 Å². The molecular weight excluding hydrogens is 420 g/mol. The second-order valence-electron chi connectivity index (χ2n) is 7.45. The molecule has 0 spiro atoms. The molecule has 0 radical (unpaired) electrons. The second-order valence-corrected chi connectivity index (χ2v) is 7.45. The van der Waals surface area contributed by atoms with Crippen LogP contribution in [-0.4, -0.2) is 40.7 Å². The molecule has 1 aromatic carbocycles. The van der Waals surface area contributed by atoms with Crippen molar-refractivity contribution in [2.75, 3.05) is 19.0 Å². The van der Waals surface area contributed by atoms with Crippen molar-refractivity contribution < 1.29 is 37.3 Å². The highest BCUT2D eigenvalue weighted by atomic mass is 19.3. The Hall–Kier alpha value is -2.72. The molecule has 6 nitrogen and oxygen atoms in total. The molecule has 1 fully saturated rings. The van der Waals surface area contributed by atoms with Gasteiger partial charge in [0.1, 0.15) is 6.10 Å². The summed E-state index contributed by atoms with van der Waals surface area (Å²) < 4.78 is 61.0. The van der Waals surface area contributed by atoms with Gasteiger partial charge < -0.3 is 20.3 Å². The van der Waals surface area contributed by atoms with Gasteiger partial charge in [-0.15, -0.1) is 0 Å². The van der Waals surface area contributed by atoms with E-state index in [2.05, 4.69) is 10.3 Å². The molecule has 1 aromatic heterocycles. The van der Waals surface area contributed by atoms with E-state index in [0.29, 0.717) is 0 Å². The highest BCUT2D eigenvalue weighted by molar-refractivity contribution is 5.93. The number of ether oxygens (including phenoxy) is 1. The molecule has 10 heteroatoms. The van der Waals surface area contributed by atoms with E-state index in [9.17, 15) is 27.5 Å². The first kappa shape index (κ1) is 23.0. The van der Waals surface area contributed by atoms with Gasteiger partial charge in [0.15, 0.2) is 11.6 Å². The topological polar surface area (TPSA) is 91.7 Å². The molecule has 168 valence electrons. The Labute approximate surface area is 175 Å². The number of aromatic nitrogens is 1. The Morgan fingerprint density at radius 3 is 2.68 bits per heavy atom. The predicted molar refractivity (Wildman–Crippen MR) is 103 cm³/mol. The maximum Gasteiger partial charge on any atom is 0.249 e. The lowest BCUT2D eigenvalue weighted by atomic mass is 9.73. The number of hydrogen-bond donors (Lipinski definition) is 3. The van der Waals surface area contributed by atoms with E-state index in [1.807, 2.05) is 0 Å². The first-order chi connectivity index (χ1) is 14.7. The summed E-state index contributed by atoms with van der Waals surface area (Å²) in [5.74, 6) is -8.64. The molecule has 0 aliphatic heterocycles. The van der Waals surface area contributed by atoms with E-state index in [1.165, 1.54) is 24.4 Å². The van der Waals surface area contributed by atoms with Crippen LogP contribution in [0.4, 0.5) is 23.2 Å². The molecule has 1 aliphatic rings. The van der Waals surface area contributed by atoms with Gasteiger partial charge >= 0.3 is 0 Å². The molecule has 31 heavy (non-hydrogen) atoms. The fourth-order valence-electron chi connectivity index (χ4n) is 3.83. The van der Waals surface area contributed by atoms with Gasteiger partial charge in [0.25, 0.3) is 0 Å². The van der Waals surface area contributed by atoms with Crippen LogP contribution in [0.2, 0.25) is 0 Å². The maximum atomic E-state index is 14.2. The quantitative estimate of drug-likeness (QED) is 0.596. The Morgan fingerprint density at radius 2 is 2.06 bits per heavy atom. The van der Waals surface area contributed by atoms with E-state index >= 15 is 0 Å². The largest absolute Gasteiger partial charge is 0.493 e. The third-order valence-electron chi connectivity index (χ3n) is 5.41. The number of halogens is 4. The summed E-state index contributed by atoms with van der Waals surface area (Å²) in [5.41, 5.74) is 0.523. The van der Waals surface area contributed by atoms with E-state index in [1.54, 1.807) is 0 Å². The summed E-state index contributed by atoms with van der Waals surface area (Å²) in [7, 11) is 1.14. The number of aliphatic hydroxyl groups is 2. The first-order valence-corrected chi connectivity index (χ1v) is 9.62. The summed E-state index contributed by atoms with van der Waals surface area (Å²) in [6.45, 7) is -0.534. The lowest BCUT2D eigenvalue weighted by Gasteiger charge is -2.36. The average Bonchev–Trinajstić information content (AvgIpc) is 2.75. The number of amides is 1. The molecule has 0 bridgehead atoms. The molecule has 0 saturated heterocycles. The van der Waals surface area contributed by atoms with Crippen molar-refractivity contribution in [1.82, 2.24) is 4.98 Å². The molecule has 1 aliphatic carbocycles. The summed E-state index contributed by atoms with van der Waals surface area (Å²) >= 11 is 0. The van der Waals surface area contributed by atoms with E-state index in [4.69, 9.17) is 9.84 Å². The Morgan fingerprint density at radius 1 is 1.32 bits per heavy atom. The number of rotatable bonds is 6. The Kier molecular flexibility index (Phi) is 6.80. The number of carbonyl (C=O) groups excluding carboxylic acids is 1. The molecule has 2 aromatic rings. The predicted octanol–water partition coefficient (Wildman–Crippen LogP) is 3.55. The van der Waals surface area contributed by atoms with Crippen LogP contribution in [0, 0.1) is 17.6 Å². The number of hydrogen-bond acceptors (Lipinski definition) is 5. The van der Waals surface area contributed by atoms with Gasteiger partial charge in [-0.3, -0.25) is 9.78 Å². The molecule has 3 atom stereocenters. The minimum atomic E-state index is -3.09. The Bertz CT molecular complexity index is 940. The number of pyridine rings is 1. The lowest BCUT2D eigenvalue weighted by Crippen LogP contribution is -2.38.